The van der Waals surface area contributed by atoms with E-state index in [-0.39, 0.29) is 17.9 Å². The SMILES string of the molecule is Cc1ccc2cc(CCC(=O)Nc3cccc4nc(C)oc34)c(=O)[nH]c2c1. The molecule has 0 atom stereocenters. The molecule has 0 saturated carbocycles. The molecule has 6 nitrogen and oxygen atoms in total. The van der Waals surface area contributed by atoms with Crippen LogP contribution >= 0.6 is 0 Å². The molecule has 2 aromatic carbocycles. The van der Waals surface area contributed by atoms with Crippen LogP contribution in [0.5, 0.6) is 0 Å². The Morgan fingerprint density at radius 1 is 1.19 bits per heavy atom. The van der Waals surface area contributed by atoms with Crippen LogP contribution < -0.4 is 10.9 Å². The summed E-state index contributed by atoms with van der Waals surface area (Å²) in [5.41, 5.74) is 4.17. The lowest BCUT2D eigenvalue weighted by Crippen LogP contribution is -2.17. The topological polar surface area (TPSA) is 88.0 Å². The van der Waals surface area contributed by atoms with Gasteiger partial charge in [0.1, 0.15) is 5.52 Å². The first-order valence-electron chi connectivity index (χ1n) is 8.78. The van der Waals surface area contributed by atoms with Crippen molar-refractivity contribution in [2.24, 2.45) is 0 Å². The predicted octanol–water partition coefficient (Wildman–Crippen LogP) is 3.86. The Hall–Kier alpha value is -3.41. The number of para-hydroxylation sites is 1. The van der Waals surface area contributed by atoms with E-state index in [4.69, 9.17) is 4.42 Å². The third-order valence-electron chi connectivity index (χ3n) is 4.50. The molecule has 4 rings (SSSR count). The van der Waals surface area contributed by atoms with E-state index in [2.05, 4.69) is 15.3 Å². The zero-order valence-corrected chi connectivity index (χ0v) is 15.1. The Bertz CT molecular complexity index is 1220. The third-order valence-corrected chi connectivity index (χ3v) is 4.50. The highest BCUT2D eigenvalue weighted by molar-refractivity contribution is 5.98. The van der Waals surface area contributed by atoms with E-state index in [9.17, 15) is 9.59 Å². The number of nitrogens with one attached hydrogen (secondary N) is 2. The van der Waals surface area contributed by atoms with Gasteiger partial charge >= 0.3 is 0 Å². The average Bonchev–Trinajstić information content (AvgIpc) is 3.01. The molecule has 0 spiro atoms. The van der Waals surface area contributed by atoms with Crippen LogP contribution in [-0.2, 0) is 11.2 Å². The van der Waals surface area contributed by atoms with Crippen LogP contribution in [0.25, 0.3) is 22.0 Å². The summed E-state index contributed by atoms with van der Waals surface area (Å²) in [6.45, 7) is 3.74. The van der Waals surface area contributed by atoms with E-state index in [1.54, 1.807) is 13.0 Å². The second-order valence-corrected chi connectivity index (χ2v) is 6.65. The van der Waals surface area contributed by atoms with E-state index in [1.165, 1.54) is 0 Å². The Kier molecular flexibility index (Phi) is 4.24. The van der Waals surface area contributed by atoms with Gasteiger partial charge in [-0.05, 0) is 48.6 Å². The number of hydrogen-bond donors (Lipinski definition) is 2. The number of aromatic nitrogens is 2. The molecule has 2 aromatic heterocycles. The van der Waals surface area contributed by atoms with E-state index < -0.39 is 0 Å². The van der Waals surface area contributed by atoms with E-state index in [1.807, 2.05) is 43.3 Å². The van der Waals surface area contributed by atoms with Gasteiger partial charge in [0.25, 0.3) is 5.56 Å². The summed E-state index contributed by atoms with van der Waals surface area (Å²) in [7, 11) is 0. The third kappa shape index (κ3) is 3.46. The van der Waals surface area contributed by atoms with Crippen molar-refractivity contribution in [1.29, 1.82) is 0 Å². The van der Waals surface area contributed by atoms with Crippen molar-refractivity contribution >= 4 is 33.6 Å². The second kappa shape index (κ2) is 6.72. The molecule has 4 aromatic rings. The van der Waals surface area contributed by atoms with Gasteiger partial charge in [0.15, 0.2) is 11.5 Å². The second-order valence-electron chi connectivity index (χ2n) is 6.65. The van der Waals surface area contributed by atoms with E-state index in [0.29, 0.717) is 34.7 Å². The number of carbonyl (C=O) groups is 1. The fourth-order valence-corrected chi connectivity index (χ4v) is 3.17. The number of oxazole rings is 1. The minimum Gasteiger partial charge on any atom is -0.439 e. The highest BCUT2D eigenvalue weighted by atomic mass is 16.3. The van der Waals surface area contributed by atoms with Gasteiger partial charge in [0.2, 0.25) is 5.91 Å². The fraction of sp³-hybridized carbons (Fsp3) is 0.190. The predicted molar refractivity (Wildman–Crippen MR) is 105 cm³/mol. The zero-order valence-electron chi connectivity index (χ0n) is 15.1. The first kappa shape index (κ1) is 17.0. The lowest BCUT2D eigenvalue weighted by atomic mass is 10.1. The minimum absolute atomic E-state index is 0.158. The minimum atomic E-state index is -0.181. The van der Waals surface area contributed by atoms with Gasteiger partial charge in [-0.2, -0.15) is 0 Å². The lowest BCUT2D eigenvalue weighted by Gasteiger charge is -2.06. The molecule has 2 heterocycles. The largest absolute Gasteiger partial charge is 0.439 e. The van der Waals surface area contributed by atoms with Crippen molar-refractivity contribution in [3.63, 3.8) is 0 Å². The van der Waals surface area contributed by atoms with Crippen molar-refractivity contribution < 1.29 is 9.21 Å². The van der Waals surface area contributed by atoms with Crippen molar-refractivity contribution in [3.05, 3.63) is 69.8 Å². The van der Waals surface area contributed by atoms with Crippen molar-refractivity contribution in [2.45, 2.75) is 26.7 Å². The van der Waals surface area contributed by atoms with Crippen LogP contribution in [-0.4, -0.2) is 15.9 Å². The van der Waals surface area contributed by atoms with Gasteiger partial charge in [-0.1, -0.05) is 18.2 Å². The summed E-state index contributed by atoms with van der Waals surface area (Å²) in [6.07, 6.45) is 0.556. The van der Waals surface area contributed by atoms with Crippen molar-refractivity contribution in [3.8, 4) is 0 Å². The lowest BCUT2D eigenvalue weighted by molar-refractivity contribution is -0.116. The molecule has 0 aliphatic rings. The molecule has 136 valence electrons. The molecule has 0 fully saturated rings. The number of rotatable bonds is 4. The quantitative estimate of drug-likeness (QED) is 0.578. The number of H-pyrrole nitrogens is 1. The van der Waals surface area contributed by atoms with Crippen molar-refractivity contribution in [1.82, 2.24) is 9.97 Å². The summed E-state index contributed by atoms with van der Waals surface area (Å²) in [5, 5.41) is 3.80. The molecule has 0 saturated heterocycles. The van der Waals surface area contributed by atoms with Gasteiger partial charge in [-0.25, -0.2) is 4.98 Å². The smallest absolute Gasteiger partial charge is 0.251 e. The molecular weight excluding hydrogens is 342 g/mol. The molecule has 0 aliphatic carbocycles. The summed E-state index contributed by atoms with van der Waals surface area (Å²) < 4.78 is 5.56. The summed E-state index contributed by atoms with van der Waals surface area (Å²) >= 11 is 0. The molecule has 0 radical (unpaired) electrons. The van der Waals surface area contributed by atoms with Gasteiger partial charge in [-0.3, -0.25) is 9.59 Å². The van der Waals surface area contributed by atoms with Crippen LogP contribution in [0.15, 0.2) is 51.7 Å². The normalized spacial score (nSPS) is 11.2. The maximum atomic E-state index is 12.4. The first-order chi connectivity index (χ1) is 13.0. The molecule has 1 amide bonds. The molecule has 0 aliphatic heterocycles. The number of benzene rings is 2. The van der Waals surface area contributed by atoms with Crippen molar-refractivity contribution in [2.75, 3.05) is 5.32 Å². The number of amides is 1. The highest BCUT2D eigenvalue weighted by Crippen LogP contribution is 2.24. The molecular formula is C21H19N3O3. The van der Waals surface area contributed by atoms with Gasteiger partial charge in [-0.15, -0.1) is 0 Å². The Labute approximate surface area is 155 Å². The number of pyridine rings is 1. The zero-order chi connectivity index (χ0) is 19.0. The van der Waals surface area contributed by atoms with Crippen LogP contribution in [0.3, 0.4) is 0 Å². The maximum Gasteiger partial charge on any atom is 0.251 e. The number of anilines is 1. The van der Waals surface area contributed by atoms with Crippen LogP contribution in [0.1, 0.15) is 23.4 Å². The molecule has 2 N–H and O–H groups in total. The van der Waals surface area contributed by atoms with E-state index in [0.717, 1.165) is 16.5 Å². The Balaban J connectivity index is 1.50. The van der Waals surface area contributed by atoms with Gasteiger partial charge in [0, 0.05) is 24.4 Å². The number of nitrogens with zero attached hydrogens (tertiary/aromatic N) is 1. The summed E-state index contributed by atoms with van der Waals surface area (Å²) in [4.78, 5) is 31.8. The Morgan fingerprint density at radius 2 is 2.04 bits per heavy atom. The summed E-state index contributed by atoms with van der Waals surface area (Å²) in [6, 6.07) is 13.2. The molecule has 27 heavy (non-hydrogen) atoms. The summed E-state index contributed by atoms with van der Waals surface area (Å²) in [5.74, 6) is 0.365. The first-order valence-corrected chi connectivity index (χ1v) is 8.78. The number of fused-ring (bicyclic) bond motifs is 2. The number of hydrogen-bond acceptors (Lipinski definition) is 4. The van der Waals surface area contributed by atoms with Gasteiger partial charge < -0.3 is 14.7 Å². The van der Waals surface area contributed by atoms with E-state index >= 15 is 0 Å². The highest BCUT2D eigenvalue weighted by Gasteiger charge is 2.12. The molecule has 6 heteroatoms. The molecule has 0 unspecified atom stereocenters. The monoisotopic (exact) mass is 361 g/mol. The average molecular weight is 361 g/mol. The van der Waals surface area contributed by atoms with Gasteiger partial charge in [0.05, 0.1) is 5.69 Å². The maximum absolute atomic E-state index is 12.4. The number of carbonyl (C=O) groups excluding carboxylic acids is 1. The van der Waals surface area contributed by atoms with Crippen LogP contribution in [0, 0.1) is 13.8 Å². The number of aryl methyl sites for hydroxylation is 3. The standard InChI is InChI=1S/C21H19N3O3/c1-12-6-7-14-11-15(21(26)24-18(14)10-12)8-9-19(25)23-17-5-3-4-16-20(17)27-13(2)22-16/h3-7,10-11H,8-9H2,1-2H3,(H,23,25)(H,24,26). The fourth-order valence-electron chi connectivity index (χ4n) is 3.17. The Morgan fingerprint density at radius 3 is 2.89 bits per heavy atom. The van der Waals surface area contributed by atoms with Crippen LogP contribution in [0.2, 0.25) is 0 Å². The molecule has 0 bridgehead atoms. The number of aromatic amines is 1. The van der Waals surface area contributed by atoms with Crippen LogP contribution in [0.4, 0.5) is 5.69 Å².